The highest BCUT2D eigenvalue weighted by atomic mass is 32.2. The summed E-state index contributed by atoms with van der Waals surface area (Å²) < 4.78 is 1.09. The topological polar surface area (TPSA) is 25.8 Å². The average molecular weight is 220 g/mol. The smallest absolute Gasteiger partial charge is 0.174 e. The van der Waals surface area contributed by atoms with E-state index in [1.54, 1.807) is 23.1 Å². The summed E-state index contributed by atoms with van der Waals surface area (Å²) in [5, 5.41) is 9.02. The molecule has 0 fully saturated rings. The lowest BCUT2D eigenvalue weighted by molar-refractivity contribution is 0.906. The number of thioether (sulfide) groups is 1. The molecule has 0 saturated heterocycles. The summed E-state index contributed by atoms with van der Waals surface area (Å²) in [7, 11) is 0. The fraction of sp³-hybridized carbons (Fsp3) is 0.714. The first-order valence-electron chi connectivity index (χ1n) is 3.86. The maximum absolute atomic E-state index is 4.15. The number of hydrogen-bond acceptors (Lipinski definition) is 5. The molecule has 1 aromatic heterocycles. The Kier molecular flexibility index (Phi) is 5.02. The minimum Gasteiger partial charge on any atom is -0.179 e. The Hall–Kier alpha value is 0.260. The van der Waals surface area contributed by atoms with E-state index in [9.17, 15) is 0 Å². The molecule has 2 nitrogen and oxygen atoms in total. The molecule has 0 radical (unpaired) electrons. The largest absolute Gasteiger partial charge is 0.179 e. The second-order valence-electron chi connectivity index (χ2n) is 2.37. The second-order valence-corrected chi connectivity index (χ2v) is 5.34. The van der Waals surface area contributed by atoms with Crippen LogP contribution in [0, 0.1) is 6.92 Å². The summed E-state index contributed by atoms with van der Waals surface area (Å²) >= 11 is 7.61. The maximum Gasteiger partial charge on any atom is 0.174 e. The third kappa shape index (κ3) is 3.78. The van der Waals surface area contributed by atoms with E-state index in [0.29, 0.717) is 0 Å². The zero-order valence-electron chi connectivity index (χ0n) is 6.99. The van der Waals surface area contributed by atoms with Crippen molar-refractivity contribution in [2.75, 3.05) is 11.5 Å². The van der Waals surface area contributed by atoms with Gasteiger partial charge in [0.05, 0.1) is 0 Å². The van der Waals surface area contributed by atoms with Crippen LogP contribution in [0.25, 0.3) is 0 Å². The fourth-order valence-electron chi connectivity index (χ4n) is 0.710. The zero-order valence-corrected chi connectivity index (χ0v) is 9.51. The van der Waals surface area contributed by atoms with Gasteiger partial charge in [0.1, 0.15) is 5.01 Å². The van der Waals surface area contributed by atoms with Gasteiger partial charge in [0.15, 0.2) is 4.34 Å². The molecule has 0 saturated carbocycles. The van der Waals surface area contributed by atoms with Crippen LogP contribution in [0.4, 0.5) is 0 Å². The van der Waals surface area contributed by atoms with Crippen molar-refractivity contribution in [3.8, 4) is 0 Å². The van der Waals surface area contributed by atoms with Crippen molar-refractivity contribution in [2.24, 2.45) is 0 Å². The van der Waals surface area contributed by atoms with Crippen LogP contribution >= 0.6 is 35.7 Å². The second kappa shape index (κ2) is 5.83. The Balaban J connectivity index is 2.15. The molecule has 0 aliphatic rings. The van der Waals surface area contributed by atoms with E-state index < -0.39 is 0 Å². The molecule has 1 rings (SSSR count). The van der Waals surface area contributed by atoms with E-state index in [0.717, 1.165) is 20.9 Å². The summed E-state index contributed by atoms with van der Waals surface area (Å²) in [5.41, 5.74) is 0. The van der Waals surface area contributed by atoms with Crippen molar-refractivity contribution in [3.05, 3.63) is 5.01 Å². The van der Waals surface area contributed by atoms with Gasteiger partial charge in [-0.2, -0.15) is 12.6 Å². The van der Waals surface area contributed by atoms with Crippen molar-refractivity contribution < 1.29 is 0 Å². The van der Waals surface area contributed by atoms with Gasteiger partial charge in [-0.3, -0.25) is 0 Å². The molecule has 0 bridgehead atoms. The van der Waals surface area contributed by atoms with Crippen LogP contribution in [-0.4, -0.2) is 21.7 Å². The Morgan fingerprint density at radius 2 is 2.25 bits per heavy atom. The van der Waals surface area contributed by atoms with E-state index >= 15 is 0 Å². The number of rotatable bonds is 5. The van der Waals surface area contributed by atoms with Crippen molar-refractivity contribution in [1.29, 1.82) is 0 Å². The summed E-state index contributed by atoms with van der Waals surface area (Å²) in [4.78, 5) is 0. The first kappa shape index (κ1) is 10.3. The summed E-state index contributed by atoms with van der Waals surface area (Å²) in [6.45, 7) is 1.98. The SMILES string of the molecule is Cc1nnc(SCCCCS)s1. The molecule has 0 N–H and O–H groups in total. The summed E-state index contributed by atoms with van der Waals surface area (Å²) in [6.07, 6.45) is 2.40. The van der Waals surface area contributed by atoms with Crippen molar-refractivity contribution >= 4 is 35.7 Å². The van der Waals surface area contributed by atoms with Crippen LogP contribution in [0.5, 0.6) is 0 Å². The molecule has 12 heavy (non-hydrogen) atoms. The predicted octanol–water partition coefficient (Wildman–Crippen LogP) is 2.65. The third-order valence-corrected chi connectivity index (χ3v) is 3.66. The van der Waals surface area contributed by atoms with Crippen LogP contribution in [0.3, 0.4) is 0 Å². The Morgan fingerprint density at radius 3 is 2.83 bits per heavy atom. The zero-order chi connectivity index (χ0) is 8.81. The van der Waals surface area contributed by atoms with Crippen LogP contribution in [0.1, 0.15) is 17.8 Å². The molecule has 68 valence electrons. The lowest BCUT2D eigenvalue weighted by Gasteiger charge is -1.93. The van der Waals surface area contributed by atoms with E-state index in [2.05, 4.69) is 22.8 Å². The lowest BCUT2D eigenvalue weighted by Crippen LogP contribution is -1.81. The molecule has 0 unspecified atom stereocenters. The standard InChI is InChI=1S/C7H12N2S3/c1-6-8-9-7(12-6)11-5-3-2-4-10/h10H,2-5H2,1H3. The molecule has 0 aliphatic heterocycles. The van der Waals surface area contributed by atoms with Crippen LogP contribution < -0.4 is 0 Å². The first-order chi connectivity index (χ1) is 5.83. The molecule has 0 spiro atoms. The van der Waals surface area contributed by atoms with E-state index in [1.165, 1.54) is 12.8 Å². The van der Waals surface area contributed by atoms with Gasteiger partial charge in [-0.1, -0.05) is 23.1 Å². The van der Waals surface area contributed by atoms with Gasteiger partial charge in [-0.05, 0) is 25.5 Å². The van der Waals surface area contributed by atoms with Crippen molar-refractivity contribution in [2.45, 2.75) is 24.1 Å². The Morgan fingerprint density at radius 1 is 1.42 bits per heavy atom. The summed E-state index contributed by atoms with van der Waals surface area (Å²) in [6, 6.07) is 0. The predicted molar refractivity (Wildman–Crippen MR) is 58.5 cm³/mol. The highest BCUT2D eigenvalue weighted by molar-refractivity contribution is 8.01. The molecular weight excluding hydrogens is 208 g/mol. The van der Waals surface area contributed by atoms with Crippen LogP contribution in [-0.2, 0) is 0 Å². The molecule has 0 atom stereocenters. The number of unbranched alkanes of at least 4 members (excludes halogenated alkanes) is 1. The maximum atomic E-state index is 4.15. The number of aromatic nitrogens is 2. The Labute approximate surface area is 86.6 Å². The number of hydrogen-bond donors (Lipinski definition) is 1. The molecule has 0 amide bonds. The quantitative estimate of drug-likeness (QED) is 0.469. The van der Waals surface area contributed by atoms with Crippen molar-refractivity contribution in [1.82, 2.24) is 10.2 Å². The monoisotopic (exact) mass is 220 g/mol. The minimum absolute atomic E-state index is 0.982. The summed E-state index contributed by atoms with van der Waals surface area (Å²) in [5.74, 6) is 2.12. The van der Waals surface area contributed by atoms with Crippen LogP contribution in [0.2, 0.25) is 0 Å². The number of aryl methyl sites for hydroxylation is 1. The van der Waals surface area contributed by atoms with Gasteiger partial charge in [0, 0.05) is 5.75 Å². The Bertz CT molecular complexity index is 224. The molecule has 0 aromatic carbocycles. The van der Waals surface area contributed by atoms with Gasteiger partial charge in [0.2, 0.25) is 0 Å². The normalized spacial score (nSPS) is 10.5. The molecule has 1 aromatic rings. The number of thiol groups is 1. The van der Waals surface area contributed by atoms with Gasteiger partial charge >= 0.3 is 0 Å². The molecule has 1 heterocycles. The van der Waals surface area contributed by atoms with E-state index in [4.69, 9.17) is 0 Å². The number of nitrogens with zero attached hydrogens (tertiary/aromatic N) is 2. The van der Waals surface area contributed by atoms with Gasteiger partial charge in [-0.15, -0.1) is 10.2 Å². The van der Waals surface area contributed by atoms with E-state index in [-0.39, 0.29) is 0 Å². The first-order valence-corrected chi connectivity index (χ1v) is 6.30. The molecular formula is C7H12N2S3. The fourth-order valence-corrected chi connectivity index (χ4v) is 2.82. The molecule has 0 aliphatic carbocycles. The van der Waals surface area contributed by atoms with Gasteiger partial charge in [-0.25, -0.2) is 0 Å². The van der Waals surface area contributed by atoms with Crippen LogP contribution in [0.15, 0.2) is 4.34 Å². The highest BCUT2D eigenvalue weighted by Gasteiger charge is 1.99. The van der Waals surface area contributed by atoms with E-state index in [1.807, 2.05) is 6.92 Å². The van der Waals surface area contributed by atoms with Gasteiger partial charge < -0.3 is 0 Å². The third-order valence-electron chi connectivity index (χ3n) is 1.29. The highest BCUT2D eigenvalue weighted by Crippen LogP contribution is 2.22. The minimum atomic E-state index is 0.982. The van der Waals surface area contributed by atoms with Gasteiger partial charge in [0.25, 0.3) is 0 Å². The molecule has 5 heteroatoms. The lowest BCUT2D eigenvalue weighted by atomic mass is 10.4. The average Bonchev–Trinajstić information content (AvgIpc) is 2.45. The van der Waals surface area contributed by atoms with Crippen molar-refractivity contribution in [3.63, 3.8) is 0 Å².